The lowest BCUT2D eigenvalue weighted by Gasteiger charge is -2.15. The Morgan fingerprint density at radius 3 is 2.52 bits per heavy atom. The molecule has 0 bridgehead atoms. The fraction of sp³-hybridized carbons (Fsp3) is 0.450. The van der Waals surface area contributed by atoms with Crippen molar-refractivity contribution in [1.29, 1.82) is 0 Å². The molecule has 0 atom stereocenters. The fourth-order valence-corrected chi connectivity index (χ4v) is 5.57. The monoisotopic (exact) mass is 416 g/mol. The lowest BCUT2D eigenvalue weighted by atomic mass is 10.1. The van der Waals surface area contributed by atoms with E-state index in [2.05, 4.69) is 15.7 Å². The third-order valence-corrected chi connectivity index (χ3v) is 6.94. The summed E-state index contributed by atoms with van der Waals surface area (Å²) in [6, 6.07) is 5.79. The number of sulfone groups is 1. The third kappa shape index (κ3) is 3.91. The largest absolute Gasteiger partial charge is 0.345 e. The van der Waals surface area contributed by atoms with Gasteiger partial charge in [0.25, 0.3) is 0 Å². The number of aryl methyl sites for hydroxylation is 2. The number of hydrogen-bond acceptors (Lipinski definition) is 5. The summed E-state index contributed by atoms with van der Waals surface area (Å²) in [5.41, 5.74) is 3.60. The molecule has 1 aromatic heterocycles. The highest BCUT2D eigenvalue weighted by Gasteiger charge is 2.34. The van der Waals surface area contributed by atoms with Gasteiger partial charge in [-0.05, 0) is 38.3 Å². The van der Waals surface area contributed by atoms with Crippen LogP contribution in [0.1, 0.15) is 48.1 Å². The highest BCUT2D eigenvalue weighted by atomic mass is 32.2. The molecule has 1 saturated carbocycles. The predicted octanol–water partition coefficient (Wildman–Crippen LogP) is 1.91. The summed E-state index contributed by atoms with van der Waals surface area (Å²) in [7, 11) is -3.30. The zero-order valence-corrected chi connectivity index (χ0v) is 17.3. The maximum atomic E-state index is 12.6. The second-order valence-electron chi connectivity index (χ2n) is 7.92. The molecule has 2 amide bonds. The van der Waals surface area contributed by atoms with E-state index in [1.165, 1.54) is 4.68 Å². The number of fused-ring (bicyclic) bond motifs is 1. The molecule has 2 aromatic rings. The molecule has 154 valence electrons. The Hall–Kier alpha value is -2.68. The van der Waals surface area contributed by atoms with Crippen LogP contribution >= 0.6 is 0 Å². The molecule has 29 heavy (non-hydrogen) atoms. The van der Waals surface area contributed by atoms with E-state index in [1.54, 1.807) is 0 Å². The number of hydrogen-bond donors (Lipinski definition) is 2. The van der Waals surface area contributed by atoms with Crippen LogP contribution in [0.3, 0.4) is 0 Å². The van der Waals surface area contributed by atoms with E-state index in [-0.39, 0.29) is 23.4 Å². The molecular formula is C20H24N4O4S. The molecular weight excluding hydrogens is 392 g/mol. The van der Waals surface area contributed by atoms with E-state index >= 15 is 0 Å². The third-order valence-electron chi connectivity index (χ3n) is 5.50. The van der Waals surface area contributed by atoms with E-state index in [9.17, 15) is 18.0 Å². The number of anilines is 1. The van der Waals surface area contributed by atoms with Gasteiger partial charge in [0.1, 0.15) is 5.82 Å². The van der Waals surface area contributed by atoms with Crippen molar-refractivity contribution in [3.8, 4) is 5.69 Å². The molecule has 0 unspecified atom stereocenters. The van der Waals surface area contributed by atoms with Crippen molar-refractivity contribution in [1.82, 2.24) is 15.1 Å². The summed E-state index contributed by atoms with van der Waals surface area (Å²) >= 11 is 0. The second kappa shape index (κ2) is 7.29. The molecule has 2 N–H and O–H groups in total. The van der Waals surface area contributed by atoms with Crippen LogP contribution in [0.15, 0.2) is 18.2 Å². The predicted molar refractivity (Wildman–Crippen MR) is 108 cm³/mol. The topological polar surface area (TPSA) is 110 Å². The molecule has 1 aliphatic carbocycles. The summed E-state index contributed by atoms with van der Waals surface area (Å²) in [5, 5.41) is 9.84. The van der Waals surface area contributed by atoms with Gasteiger partial charge in [-0.25, -0.2) is 13.1 Å². The highest BCUT2D eigenvalue weighted by molar-refractivity contribution is 7.90. The number of carbonyl (C=O) groups is 2. The molecule has 0 radical (unpaired) electrons. The number of nitrogens with one attached hydrogen (secondary N) is 2. The minimum absolute atomic E-state index is 0.0172. The van der Waals surface area contributed by atoms with Gasteiger partial charge in [0.15, 0.2) is 9.84 Å². The van der Waals surface area contributed by atoms with Crippen molar-refractivity contribution in [2.45, 2.75) is 57.1 Å². The van der Waals surface area contributed by atoms with Crippen LogP contribution in [0, 0.1) is 13.8 Å². The van der Waals surface area contributed by atoms with E-state index in [4.69, 9.17) is 0 Å². The Balaban J connectivity index is 1.67. The first-order valence-electron chi connectivity index (χ1n) is 9.74. The summed E-state index contributed by atoms with van der Waals surface area (Å²) in [5.74, 6) is -1.64. The zero-order chi connectivity index (χ0) is 20.8. The molecule has 9 heteroatoms. The number of carbonyl (C=O) groups excluding carboxylic acids is 2. The van der Waals surface area contributed by atoms with E-state index in [1.807, 2.05) is 32.0 Å². The van der Waals surface area contributed by atoms with Gasteiger partial charge in [-0.1, -0.05) is 30.5 Å². The number of nitrogens with zero attached hydrogens (tertiary/aromatic N) is 2. The van der Waals surface area contributed by atoms with Crippen molar-refractivity contribution < 1.29 is 18.0 Å². The molecule has 4 rings (SSSR count). The Kier molecular flexibility index (Phi) is 4.94. The first-order valence-corrected chi connectivity index (χ1v) is 11.6. The summed E-state index contributed by atoms with van der Waals surface area (Å²) in [4.78, 5) is 24.9. The zero-order valence-electron chi connectivity index (χ0n) is 16.5. The number of amides is 2. The van der Waals surface area contributed by atoms with Gasteiger partial charge in [-0.3, -0.25) is 9.59 Å². The van der Waals surface area contributed by atoms with Crippen LogP contribution in [-0.4, -0.2) is 36.1 Å². The minimum atomic E-state index is -3.30. The summed E-state index contributed by atoms with van der Waals surface area (Å²) in [6.07, 6.45) is 3.81. The first kappa shape index (κ1) is 19.6. The second-order valence-corrected chi connectivity index (χ2v) is 9.98. The molecule has 1 fully saturated rings. The van der Waals surface area contributed by atoms with Gasteiger partial charge in [0, 0.05) is 11.6 Å². The Morgan fingerprint density at radius 2 is 1.83 bits per heavy atom. The van der Waals surface area contributed by atoms with Gasteiger partial charge in [-0.15, -0.1) is 0 Å². The summed E-state index contributed by atoms with van der Waals surface area (Å²) < 4.78 is 25.7. The molecule has 0 spiro atoms. The molecule has 8 nitrogen and oxygen atoms in total. The Morgan fingerprint density at radius 1 is 1.10 bits per heavy atom. The molecule has 2 aliphatic rings. The maximum absolute atomic E-state index is 12.6. The van der Waals surface area contributed by atoms with Crippen LogP contribution in [0.5, 0.6) is 0 Å². The summed E-state index contributed by atoms with van der Waals surface area (Å²) in [6.45, 7) is 3.90. The van der Waals surface area contributed by atoms with Gasteiger partial charge in [0.05, 0.1) is 22.9 Å². The van der Waals surface area contributed by atoms with Crippen molar-refractivity contribution in [2.75, 3.05) is 5.32 Å². The molecule has 0 saturated heterocycles. The lowest BCUT2D eigenvalue weighted by molar-refractivity contribution is -0.136. The van der Waals surface area contributed by atoms with Gasteiger partial charge in [0.2, 0.25) is 0 Å². The van der Waals surface area contributed by atoms with E-state index < -0.39 is 21.7 Å². The minimum Gasteiger partial charge on any atom is -0.345 e. The maximum Gasteiger partial charge on any atom is 0.314 e. The SMILES string of the molecule is Cc1ccc(-n2nc3c(c2NC(=O)C(=O)NC2CCCC2)CS(=O)(=O)C3)c(C)c1. The Labute approximate surface area is 169 Å². The molecule has 1 aliphatic heterocycles. The van der Waals surface area contributed by atoms with Gasteiger partial charge >= 0.3 is 11.8 Å². The quantitative estimate of drug-likeness (QED) is 0.743. The normalized spacial score (nSPS) is 17.9. The smallest absolute Gasteiger partial charge is 0.314 e. The van der Waals surface area contributed by atoms with Crippen LogP contribution in [0.4, 0.5) is 5.82 Å². The fourth-order valence-electron chi connectivity index (χ4n) is 4.07. The van der Waals surface area contributed by atoms with Gasteiger partial charge in [-0.2, -0.15) is 5.10 Å². The lowest BCUT2D eigenvalue weighted by Crippen LogP contribution is -2.41. The van der Waals surface area contributed by atoms with Crippen LogP contribution in [0.2, 0.25) is 0 Å². The van der Waals surface area contributed by atoms with Crippen LogP contribution in [-0.2, 0) is 30.9 Å². The van der Waals surface area contributed by atoms with Crippen molar-refractivity contribution in [3.63, 3.8) is 0 Å². The molecule has 1 aromatic carbocycles. The number of benzene rings is 1. The molecule has 2 heterocycles. The van der Waals surface area contributed by atoms with Crippen LogP contribution < -0.4 is 10.6 Å². The van der Waals surface area contributed by atoms with E-state index in [0.717, 1.165) is 42.5 Å². The Bertz CT molecular complexity index is 1100. The van der Waals surface area contributed by atoms with Crippen molar-refractivity contribution in [2.24, 2.45) is 0 Å². The number of rotatable bonds is 3. The van der Waals surface area contributed by atoms with Crippen molar-refractivity contribution >= 4 is 27.5 Å². The average Bonchev–Trinajstić information content (AvgIpc) is 3.31. The van der Waals surface area contributed by atoms with E-state index in [0.29, 0.717) is 11.3 Å². The van der Waals surface area contributed by atoms with Gasteiger partial charge < -0.3 is 10.6 Å². The standard InChI is InChI=1S/C20H24N4O4S/c1-12-7-8-17(13(2)9-12)24-18(15-10-29(27,28)11-16(15)23-24)22-20(26)19(25)21-14-5-3-4-6-14/h7-9,14H,3-6,10-11H2,1-2H3,(H,21,25)(H,22,26). The highest BCUT2D eigenvalue weighted by Crippen LogP contribution is 2.33. The van der Waals surface area contributed by atoms with Crippen molar-refractivity contribution in [3.05, 3.63) is 40.6 Å². The average molecular weight is 417 g/mol. The first-order chi connectivity index (χ1) is 13.7. The number of aromatic nitrogens is 2. The van der Waals surface area contributed by atoms with Crippen LogP contribution in [0.25, 0.3) is 5.69 Å².